The highest BCUT2D eigenvalue weighted by atomic mass is 28.3. The molecule has 2 aromatic carbocycles. The van der Waals surface area contributed by atoms with Gasteiger partial charge in [-0.15, -0.1) is 0 Å². The summed E-state index contributed by atoms with van der Waals surface area (Å²) in [6.07, 6.45) is 0.788. The molecule has 1 heterocycles. The predicted octanol–water partition coefficient (Wildman–Crippen LogP) is 3.65. The molecule has 0 spiro atoms. The van der Waals surface area contributed by atoms with Crippen LogP contribution in [-0.2, 0) is 11.2 Å². The molecule has 0 radical (unpaired) electrons. The number of carbonyl (C=O) groups excluding carboxylic acids is 1. The number of ether oxygens (including phenoxy) is 1. The summed E-state index contributed by atoms with van der Waals surface area (Å²) in [5.74, 6) is -0.768. The molecule has 0 aliphatic carbocycles. The zero-order chi connectivity index (χ0) is 20.6. The van der Waals surface area contributed by atoms with Crippen LogP contribution in [0.2, 0.25) is 19.6 Å². The van der Waals surface area contributed by atoms with Crippen LogP contribution < -0.4 is 20.6 Å². The van der Waals surface area contributed by atoms with E-state index in [1.807, 2.05) is 38.7 Å². The highest BCUT2D eigenvalue weighted by molar-refractivity contribution is 6.88. The predicted molar refractivity (Wildman–Crippen MR) is 110 cm³/mol. The van der Waals surface area contributed by atoms with Gasteiger partial charge in [-0.2, -0.15) is 0 Å². The molecule has 1 aliphatic rings. The molecule has 2 aromatic rings. The summed E-state index contributed by atoms with van der Waals surface area (Å²) in [6.45, 7) is 8.25. The lowest BCUT2D eigenvalue weighted by atomic mass is 9.90. The molecule has 150 valence electrons. The van der Waals surface area contributed by atoms with Crippen molar-refractivity contribution < 1.29 is 18.3 Å². The van der Waals surface area contributed by atoms with E-state index in [0.29, 0.717) is 6.54 Å². The average Bonchev–Trinajstić information content (AvgIpc) is 2.59. The number of hydrogen-bond acceptors (Lipinski definition) is 3. The Morgan fingerprint density at radius 2 is 1.86 bits per heavy atom. The summed E-state index contributed by atoms with van der Waals surface area (Å²) in [5.41, 5.74) is 3.07. The molecule has 0 saturated carbocycles. The van der Waals surface area contributed by atoms with Crippen LogP contribution in [0.5, 0.6) is 5.75 Å². The van der Waals surface area contributed by atoms with E-state index in [-0.39, 0.29) is 16.8 Å². The van der Waals surface area contributed by atoms with Crippen LogP contribution in [0.15, 0.2) is 24.3 Å². The van der Waals surface area contributed by atoms with Crippen molar-refractivity contribution in [3.8, 4) is 5.75 Å². The number of halogens is 2. The Kier molecular flexibility index (Phi) is 5.59. The first-order valence-electron chi connectivity index (χ1n) is 9.33. The maximum absolute atomic E-state index is 14.5. The summed E-state index contributed by atoms with van der Waals surface area (Å²) >= 11 is 0. The second-order valence-corrected chi connectivity index (χ2v) is 13.2. The van der Waals surface area contributed by atoms with E-state index in [9.17, 15) is 13.6 Å². The molecule has 2 N–H and O–H groups in total. The van der Waals surface area contributed by atoms with Crippen molar-refractivity contribution in [1.82, 2.24) is 5.32 Å². The Morgan fingerprint density at radius 1 is 1.21 bits per heavy atom. The smallest absolute Gasteiger partial charge is 0.246 e. The van der Waals surface area contributed by atoms with E-state index in [1.165, 1.54) is 12.1 Å². The van der Waals surface area contributed by atoms with E-state index >= 15 is 0 Å². The van der Waals surface area contributed by atoms with Crippen molar-refractivity contribution in [2.24, 2.45) is 0 Å². The number of rotatable bonds is 4. The number of anilines is 1. The van der Waals surface area contributed by atoms with Gasteiger partial charge in [0.15, 0.2) is 0 Å². The third kappa shape index (κ3) is 3.82. The summed E-state index contributed by atoms with van der Waals surface area (Å²) in [6, 6.07) is 5.53. The first-order chi connectivity index (χ1) is 13.1. The lowest BCUT2D eigenvalue weighted by Crippen LogP contribution is -2.42. The average molecular weight is 405 g/mol. The molecule has 0 aromatic heterocycles. The number of nitrogens with one attached hydrogen (secondary N) is 2. The van der Waals surface area contributed by atoms with Gasteiger partial charge in [0.2, 0.25) is 5.91 Å². The standard InChI is InChI=1S/C21H26F2N2O2Si/c1-12-14-8-9-24-19(15(14)6-7-18(12)27-2)21(26)25-13-10-16(22)20(17(23)11-13)28(3,4)5/h6-7,10-11,19,24H,8-9H2,1-5H3,(H,25,26). The van der Waals surface area contributed by atoms with Crippen LogP contribution in [0.3, 0.4) is 0 Å². The Bertz CT molecular complexity index is 902. The number of benzene rings is 2. The number of carbonyl (C=O) groups is 1. The number of methoxy groups -OCH3 is 1. The van der Waals surface area contributed by atoms with Crippen molar-refractivity contribution in [3.63, 3.8) is 0 Å². The van der Waals surface area contributed by atoms with Gasteiger partial charge in [-0.25, -0.2) is 8.78 Å². The van der Waals surface area contributed by atoms with Crippen LogP contribution >= 0.6 is 0 Å². The van der Waals surface area contributed by atoms with Crippen LogP contribution in [0.1, 0.15) is 22.7 Å². The Hall–Kier alpha value is -2.25. The fourth-order valence-electron chi connectivity index (χ4n) is 3.84. The van der Waals surface area contributed by atoms with Crippen LogP contribution in [-0.4, -0.2) is 27.6 Å². The topological polar surface area (TPSA) is 50.4 Å². The minimum atomic E-state index is -2.17. The first kappa shape index (κ1) is 20.5. The third-order valence-electron chi connectivity index (χ3n) is 5.16. The molecular weight excluding hydrogens is 378 g/mol. The molecule has 0 bridgehead atoms. The maximum atomic E-state index is 14.5. The molecule has 4 nitrogen and oxygen atoms in total. The van der Waals surface area contributed by atoms with Gasteiger partial charge < -0.3 is 15.4 Å². The zero-order valence-corrected chi connectivity index (χ0v) is 17.9. The Labute approximate surface area is 165 Å². The molecule has 28 heavy (non-hydrogen) atoms. The van der Waals surface area contributed by atoms with Crippen LogP contribution in [0.4, 0.5) is 14.5 Å². The van der Waals surface area contributed by atoms with Gasteiger partial charge in [-0.1, -0.05) is 25.7 Å². The molecule has 1 atom stereocenters. The number of hydrogen-bond donors (Lipinski definition) is 2. The summed E-state index contributed by atoms with van der Waals surface area (Å²) < 4.78 is 34.3. The van der Waals surface area contributed by atoms with Gasteiger partial charge in [-0.05, 0) is 48.2 Å². The van der Waals surface area contributed by atoms with Gasteiger partial charge in [-0.3, -0.25) is 4.79 Å². The van der Waals surface area contributed by atoms with Crippen LogP contribution in [0.25, 0.3) is 0 Å². The molecule has 0 fully saturated rings. The van der Waals surface area contributed by atoms with Crippen molar-refractivity contribution in [3.05, 3.63) is 52.6 Å². The van der Waals surface area contributed by atoms with E-state index in [1.54, 1.807) is 7.11 Å². The van der Waals surface area contributed by atoms with Crippen molar-refractivity contribution in [2.45, 2.75) is 39.0 Å². The molecule has 7 heteroatoms. The normalized spacial score (nSPS) is 16.5. The van der Waals surface area contributed by atoms with Gasteiger partial charge in [0, 0.05) is 17.4 Å². The highest BCUT2D eigenvalue weighted by Crippen LogP contribution is 2.32. The third-order valence-corrected chi connectivity index (χ3v) is 7.14. The first-order valence-corrected chi connectivity index (χ1v) is 12.8. The molecule has 1 amide bonds. The van der Waals surface area contributed by atoms with E-state index < -0.39 is 25.8 Å². The lowest BCUT2D eigenvalue weighted by Gasteiger charge is -2.28. The summed E-state index contributed by atoms with van der Waals surface area (Å²) in [7, 11) is -0.549. The maximum Gasteiger partial charge on any atom is 0.246 e. The fourth-order valence-corrected chi connectivity index (χ4v) is 5.42. The van der Waals surface area contributed by atoms with Gasteiger partial charge in [0.25, 0.3) is 0 Å². The molecule has 1 unspecified atom stereocenters. The molecule has 3 rings (SSSR count). The number of amides is 1. The Morgan fingerprint density at radius 3 is 2.43 bits per heavy atom. The second-order valence-electron chi connectivity index (χ2n) is 8.15. The van der Waals surface area contributed by atoms with Crippen molar-refractivity contribution in [1.29, 1.82) is 0 Å². The van der Waals surface area contributed by atoms with Crippen molar-refractivity contribution >= 4 is 24.9 Å². The molecule has 1 aliphatic heterocycles. The highest BCUT2D eigenvalue weighted by Gasteiger charge is 2.29. The monoisotopic (exact) mass is 404 g/mol. The van der Waals surface area contributed by atoms with Gasteiger partial charge >= 0.3 is 0 Å². The second kappa shape index (κ2) is 7.64. The largest absolute Gasteiger partial charge is 0.496 e. The van der Waals surface area contributed by atoms with Gasteiger partial charge in [0.05, 0.1) is 15.2 Å². The van der Waals surface area contributed by atoms with E-state index in [4.69, 9.17) is 4.74 Å². The van der Waals surface area contributed by atoms with E-state index in [0.717, 1.165) is 28.9 Å². The minimum Gasteiger partial charge on any atom is -0.496 e. The summed E-state index contributed by atoms with van der Waals surface area (Å²) in [5, 5.41) is 6.00. The van der Waals surface area contributed by atoms with Crippen molar-refractivity contribution in [2.75, 3.05) is 19.0 Å². The van der Waals surface area contributed by atoms with Gasteiger partial charge in [0.1, 0.15) is 23.4 Å². The van der Waals surface area contributed by atoms with E-state index in [2.05, 4.69) is 10.6 Å². The number of fused-ring (bicyclic) bond motifs is 1. The molecular formula is C21H26F2N2O2Si. The SMILES string of the molecule is COc1ccc2c(c1C)CCNC2C(=O)Nc1cc(F)c([Si](C)(C)C)c(F)c1. The zero-order valence-electron chi connectivity index (χ0n) is 16.9. The lowest BCUT2D eigenvalue weighted by molar-refractivity contribution is -0.118. The van der Waals surface area contributed by atoms with Crippen LogP contribution in [0, 0.1) is 18.6 Å². The Balaban J connectivity index is 1.89. The minimum absolute atomic E-state index is 0.126. The summed E-state index contributed by atoms with van der Waals surface area (Å²) in [4.78, 5) is 12.9. The quantitative estimate of drug-likeness (QED) is 0.765. The fraction of sp³-hybridized carbons (Fsp3) is 0.381. The molecule has 0 saturated heterocycles.